The molecule has 2 aromatic rings. The number of amides is 1. The van der Waals surface area contributed by atoms with Gasteiger partial charge in [-0.15, -0.1) is 0 Å². The van der Waals surface area contributed by atoms with Crippen LogP contribution in [0.5, 0.6) is 0 Å². The number of nitrogens with one attached hydrogen (secondary N) is 1. The normalized spacial score (nSPS) is 19.2. The summed E-state index contributed by atoms with van der Waals surface area (Å²) in [6, 6.07) is 19.7. The number of hydrogen-bond donors (Lipinski definition) is 1. The van der Waals surface area contributed by atoms with Gasteiger partial charge in [-0.1, -0.05) is 48.5 Å². The Hall–Kier alpha value is -2.88. The smallest absolute Gasteiger partial charge is 0.258 e. The summed E-state index contributed by atoms with van der Waals surface area (Å²) < 4.78 is 0. The van der Waals surface area contributed by atoms with Gasteiger partial charge in [-0.2, -0.15) is 0 Å². The third-order valence-electron chi connectivity index (χ3n) is 3.82. The first-order chi connectivity index (χ1) is 11.2. The standard InChI is InChI=1S/C19H19N3O/c1-19(15-20-12-13-21-19)18(23)22(17-10-6-3-7-11-17)14-16-8-4-2-5-9-16/h2-13,15,21H,14H2,1H3. The topological polar surface area (TPSA) is 44.7 Å². The van der Waals surface area contributed by atoms with Crippen molar-refractivity contribution in [2.75, 3.05) is 4.90 Å². The summed E-state index contributed by atoms with van der Waals surface area (Å²) in [5, 5.41) is 3.11. The second kappa shape index (κ2) is 6.48. The molecule has 1 aliphatic heterocycles. The maximum absolute atomic E-state index is 13.2. The molecular weight excluding hydrogens is 286 g/mol. The highest BCUT2D eigenvalue weighted by atomic mass is 16.2. The molecule has 23 heavy (non-hydrogen) atoms. The van der Waals surface area contributed by atoms with Gasteiger partial charge in [0, 0.05) is 24.3 Å². The van der Waals surface area contributed by atoms with E-state index in [2.05, 4.69) is 10.3 Å². The highest BCUT2D eigenvalue weighted by molar-refractivity contribution is 6.11. The Labute approximate surface area is 136 Å². The van der Waals surface area contributed by atoms with E-state index in [1.807, 2.05) is 67.6 Å². The fraction of sp³-hybridized carbons (Fsp3) is 0.158. The average Bonchev–Trinajstić information content (AvgIpc) is 2.61. The Bertz CT molecular complexity index is 725. The van der Waals surface area contributed by atoms with Crippen molar-refractivity contribution in [3.63, 3.8) is 0 Å². The molecule has 0 spiro atoms. The summed E-state index contributed by atoms with van der Waals surface area (Å²) in [7, 11) is 0. The van der Waals surface area contributed by atoms with Gasteiger partial charge < -0.3 is 10.2 Å². The molecule has 0 fully saturated rings. The molecular formula is C19H19N3O. The third-order valence-corrected chi connectivity index (χ3v) is 3.82. The van der Waals surface area contributed by atoms with Crippen molar-refractivity contribution < 1.29 is 4.79 Å². The van der Waals surface area contributed by atoms with Crippen LogP contribution >= 0.6 is 0 Å². The van der Waals surface area contributed by atoms with Crippen LogP contribution in [-0.4, -0.2) is 17.7 Å². The van der Waals surface area contributed by atoms with Gasteiger partial charge in [-0.05, 0) is 24.6 Å². The minimum absolute atomic E-state index is 0.0411. The van der Waals surface area contributed by atoms with Crippen molar-refractivity contribution in [1.82, 2.24) is 5.32 Å². The zero-order valence-electron chi connectivity index (χ0n) is 13.0. The van der Waals surface area contributed by atoms with Gasteiger partial charge in [0.2, 0.25) is 0 Å². The van der Waals surface area contributed by atoms with Crippen LogP contribution in [-0.2, 0) is 11.3 Å². The van der Waals surface area contributed by atoms with Crippen LogP contribution in [0.4, 0.5) is 5.69 Å². The van der Waals surface area contributed by atoms with Gasteiger partial charge in [0.15, 0.2) is 0 Å². The largest absolute Gasteiger partial charge is 0.372 e. The van der Waals surface area contributed by atoms with Gasteiger partial charge in [-0.25, -0.2) is 0 Å². The van der Waals surface area contributed by atoms with E-state index in [-0.39, 0.29) is 5.91 Å². The Morgan fingerprint density at radius 2 is 1.74 bits per heavy atom. The predicted octanol–water partition coefficient (Wildman–Crippen LogP) is 3.12. The van der Waals surface area contributed by atoms with Crippen molar-refractivity contribution in [2.24, 2.45) is 4.99 Å². The van der Waals surface area contributed by atoms with Crippen molar-refractivity contribution >= 4 is 17.8 Å². The lowest BCUT2D eigenvalue weighted by atomic mass is 10.0. The van der Waals surface area contributed by atoms with Crippen LogP contribution in [0, 0.1) is 0 Å². The van der Waals surface area contributed by atoms with E-state index in [0.29, 0.717) is 6.54 Å². The number of carbonyl (C=O) groups is 1. The molecule has 1 atom stereocenters. The molecule has 0 bridgehead atoms. The molecule has 1 N–H and O–H groups in total. The van der Waals surface area contributed by atoms with Crippen LogP contribution in [0.3, 0.4) is 0 Å². The van der Waals surface area contributed by atoms with Crippen LogP contribution < -0.4 is 10.2 Å². The molecule has 1 unspecified atom stereocenters. The molecule has 0 aromatic heterocycles. The molecule has 0 saturated carbocycles. The number of hydrogen-bond acceptors (Lipinski definition) is 3. The molecule has 0 saturated heterocycles. The first kappa shape index (κ1) is 15.0. The molecule has 1 heterocycles. The monoisotopic (exact) mass is 305 g/mol. The van der Waals surface area contributed by atoms with Crippen molar-refractivity contribution in [3.05, 3.63) is 78.6 Å². The molecule has 1 aliphatic rings. The summed E-state index contributed by atoms with van der Waals surface area (Å²) >= 11 is 0. The van der Waals surface area contributed by atoms with E-state index < -0.39 is 5.54 Å². The second-order valence-electron chi connectivity index (χ2n) is 5.65. The SMILES string of the molecule is CC1(C(=O)N(Cc2ccccc2)c2ccccc2)C=NC=CN1. The van der Waals surface area contributed by atoms with Crippen molar-refractivity contribution in [1.29, 1.82) is 0 Å². The van der Waals surface area contributed by atoms with E-state index in [0.717, 1.165) is 11.3 Å². The summed E-state index contributed by atoms with van der Waals surface area (Å²) in [6.45, 7) is 2.35. The van der Waals surface area contributed by atoms with Gasteiger partial charge >= 0.3 is 0 Å². The fourth-order valence-corrected chi connectivity index (χ4v) is 2.53. The van der Waals surface area contributed by atoms with E-state index in [9.17, 15) is 4.79 Å². The molecule has 4 nitrogen and oxygen atoms in total. The third kappa shape index (κ3) is 3.31. The summed E-state index contributed by atoms with van der Waals surface area (Å²) in [4.78, 5) is 19.1. The van der Waals surface area contributed by atoms with Crippen LogP contribution in [0.1, 0.15) is 12.5 Å². The Balaban J connectivity index is 1.93. The number of carbonyl (C=O) groups excluding carboxylic acids is 1. The number of nitrogens with zero attached hydrogens (tertiary/aromatic N) is 2. The number of para-hydroxylation sites is 1. The lowest BCUT2D eigenvalue weighted by molar-refractivity contribution is -0.121. The summed E-state index contributed by atoms with van der Waals surface area (Å²) in [6.07, 6.45) is 4.99. The first-order valence-electron chi connectivity index (χ1n) is 7.57. The molecule has 1 amide bonds. The van der Waals surface area contributed by atoms with Crippen molar-refractivity contribution in [3.8, 4) is 0 Å². The molecule has 4 heteroatoms. The second-order valence-corrected chi connectivity index (χ2v) is 5.65. The van der Waals surface area contributed by atoms with E-state index in [1.165, 1.54) is 0 Å². The maximum atomic E-state index is 13.2. The van der Waals surface area contributed by atoms with Crippen molar-refractivity contribution in [2.45, 2.75) is 19.0 Å². The lowest BCUT2D eigenvalue weighted by Crippen LogP contribution is -2.56. The summed E-state index contributed by atoms with van der Waals surface area (Å²) in [5.41, 5.74) is 1.10. The lowest BCUT2D eigenvalue weighted by Gasteiger charge is -2.33. The molecule has 3 rings (SSSR count). The van der Waals surface area contributed by atoms with Gasteiger partial charge in [0.05, 0.1) is 6.54 Å². The molecule has 2 aromatic carbocycles. The van der Waals surface area contributed by atoms with Gasteiger partial charge in [0.25, 0.3) is 5.91 Å². The Morgan fingerprint density at radius 1 is 1.09 bits per heavy atom. The minimum atomic E-state index is -0.848. The predicted molar refractivity (Wildman–Crippen MR) is 93.2 cm³/mol. The molecule has 0 aliphatic carbocycles. The number of benzene rings is 2. The van der Waals surface area contributed by atoms with Gasteiger partial charge in [-0.3, -0.25) is 9.79 Å². The zero-order chi connectivity index (χ0) is 16.1. The number of rotatable bonds is 4. The minimum Gasteiger partial charge on any atom is -0.372 e. The van der Waals surface area contributed by atoms with E-state index in [1.54, 1.807) is 23.5 Å². The van der Waals surface area contributed by atoms with E-state index >= 15 is 0 Å². The summed E-state index contributed by atoms with van der Waals surface area (Å²) in [5.74, 6) is -0.0411. The highest BCUT2D eigenvalue weighted by Crippen LogP contribution is 2.21. The molecule has 0 radical (unpaired) electrons. The number of anilines is 1. The molecule has 116 valence electrons. The van der Waals surface area contributed by atoms with Gasteiger partial charge in [0.1, 0.15) is 5.54 Å². The van der Waals surface area contributed by atoms with Crippen LogP contribution in [0.25, 0.3) is 0 Å². The average molecular weight is 305 g/mol. The zero-order valence-corrected chi connectivity index (χ0v) is 13.0. The highest BCUT2D eigenvalue weighted by Gasteiger charge is 2.36. The fourth-order valence-electron chi connectivity index (χ4n) is 2.53. The van der Waals surface area contributed by atoms with Crippen LogP contribution in [0.15, 0.2) is 78.1 Å². The van der Waals surface area contributed by atoms with Crippen LogP contribution in [0.2, 0.25) is 0 Å². The quantitative estimate of drug-likeness (QED) is 0.943. The number of aliphatic imine (C=N–C) groups is 1. The Morgan fingerprint density at radius 3 is 2.35 bits per heavy atom. The Kier molecular flexibility index (Phi) is 4.24. The van der Waals surface area contributed by atoms with E-state index in [4.69, 9.17) is 0 Å². The maximum Gasteiger partial charge on any atom is 0.258 e. The first-order valence-corrected chi connectivity index (χ1v) is 7.57.